The Morgan fingerprint density at radius 2 is 2.04 bits per heavy atom. The fourth-order valence-electron chi connectivity index (χ4n) is 2.14. The fraction of sp³-hybridized carbons (Fsp3) is 0.125. The summed E-state index contributed by atoms with van der Waals surface area (Å²) in [4.78, 5) is 12.7. The van der Waals surface area contributed by atoms with Crippen molar-refractivity contribution in [3.8, 4) is 10.6 Å². The smallest absolute Gasteiger partial charge is 0.239 e. The average molecular weight is 380 g/mol. The Labute approximate surface area is 147 Å². The lowest BCUT2D eigenvalue weighted by Crippen LogP contribution is -2.24. The highest BCUT2D eigenvalue weighted by Gasteiger charge is 2.21. The van der Waals surface area contributed by atoms with E-state index in [0.717, 1.165) is 4.88 Å². The van der Waals surface area contributed by atoms with Gasteiger partial charge in [-0.25, -0.2) is 12.8 Å². The largest absolute Gasteiger partial charge is 0.355 e. The number of carbonyl (C=O) groups is 1. The Morgan fingerprint density at radius 1 is 1.24 bits per heavy atom. The zero-order chi connectivity index (χ0) is 17.9. The summed E-state index contributed by atoms with van der Waals surface area (Å²) in [6.45, 7) is 0. The first-order valence-corrected chi connectivity index (χ1v) is 9.87. The van der Waals surface area contributed by atoms with Gasteiger partial charge in [0.15, 0.2) is 15.6 Å². The molecule has 1 aromatic carbocycles. The van der Waals surface area contributed by atoms with E-state index in [1.165, 1.54) is 41.7 Å². The number of halogens is 1. The molecule has 0 saturated carbocycles. The number of para-hydroxylation sites is 1. The van der Waals surface area contributed by atoms with E-state index in [9.17, 15) is 17.6 Å². The highest BCUT2D eigenvalue weighted by molar-refractivity contribution is 7.91. The number of hydrogen-bond donors (Lipinski definition) is 1. The number of thiophene rings is 1. The van der Waals surface area contributed by atoms with Crippen molar-refractivity contribution in [2.75, 3.05) is 11.1 Å². The molecule has 0 aliphatic carbocycles. The van der Waals surface area contributed by atoms with Gasteiger partial charge in [-0.2, -0.15) is 0 Å². The Morgan fingerprint density at radius 3 is 2.76 bits per heavy atom. The van der Waals surface area contributed by atoms with Crippen molar-refractivity contribution in [1.82, 2.24) is 5.16 Å². The predicted octanol–water partition coefficient (Wildman–Crippen LogP) is 3.10. The molecule has 1 N–H and O–H groups in total. The molecule has 3 rings (SSSR count). The second kappa shape index (κ2) is 7.16. The van der Waals surface area contributed by atoms with E-state index in [1.807, 2.05) is 17.5 Å². The number of anilines is 1. The number of nitrogens with one attached hydrogen (secondary N) is 1. The van der Waals surface area contributed by atoms with E-state index in [0.29, 0.717) is 5.76 Å². The van der Waals surface area contributed by atoms with Gasteiger partial charge >= 0.3 is 0 Å². The summed E-state index contributed by atoms with van der Waals surface area (Å²) in [5.74, 6) is -2.19. The van der Waals surface area contributed by atoms with Gasteiger partial charge in [-0.3, -0.25) is 4.79 Å². The van der Waals surface area contributed by atoms with Crippen LogP contribution in [0.2, 0.25) is 0 Å². The van der Waals surface area contributed by atoms with Crippen LogP contribution in [0.25, 0.3) is 10.6 Å². The van der Waals surface area contributed by atoms with Crippen molar-refractivity contribution in [2.45, 2.75) is 5.75 Å². The molecule has 2 aromatic heterocycles. The van der Waals surface area contributed by atoms with E-state index in [-0.39, 0.29) is 11.4 Å². The maximum atomic E-state index is 13.5. The first-order chi connectivity index (χ1) is 11.9. The summed E-state index contributed by atoms with van der Waals surface area (Å²) in [6.07, 6.45) is 0. The van der Waals surface area contributed by atoms with E-state index in [2.05, 4.69) is 10.5 Å². The third-order valence-corrected chi connectivity index (χ3v) is 5.51. The standard InChI is InChI=1S/C16H13FN2O4S2/c17-12-4-1-2-5-13(12)18-16(20)10-25(21,22)9-11-8-14(23-19-11)15-6-3-7-24-15/h1-8H,9-10H2,(H,18,20). The molecule has 6 nitrogen and oxygen atoms in total. The van der Waals surface area contributed by atoms with Crippen LogP contribution >= 0.6 is 11.3 Å². The third-order valence-electron chi connectivity index (χ3n) is 3.19. The van der Waals surface area contributed by atoms with E-state index in [1.54, 1.807) is 0 Å². The second-order valence-electron chi connectivity index (χ2n) is 5.22. The summed E-state index contributed by atoms with van der Waals surface area (Å²) >= 11 is 1.44. The summed E-state index contributed by atoms with van der Waals surface area (Å²) in [7, 11) is -3.78. The monoisotopic (exact) mass is 380 g/mol. The van der Waals surface area contributed by atoms with E-state index in [4.69, 9.17) is 4.52 Å². The molecule has 3 aromatic rings. The average Bonchev–Trinajstić information content (AvgIpc) is 3.19. The third kappa shape index (κ3) is 4.52. The van der Waals surface area contributed by atoms with Crippen LogP contribution in [0.3, 0.4) is 0 Å². The summed E-state index contributed by atoms with van der Waals surface area (Å²) in [6, 6.07) is 10.7. The molecule has 0 aliphatic heterocycles. The molecule has 0 unspecified atom stereocenters. The maximum absolute atomic E-state index is 13.5. The van der Waals surface area contributed by atoms with Gasteiger partial charge in [0.25, 0.3) is 0 Å². The summed E-state index contributed by atoms with van der Waals surface area (Å²) in [5.41, 5.74) is 0.145. The first-order valence-electron chi connectivity index (χ1n) is 7.17. The summed E-state index contributed by atoms with van der Waals surface area (Å²) < 4.78 is 42.9. The highest BCUT2D eigenvalue weighted by atomic mass is 32.2. The normalized spacial score (nSPS) is 11.4. The van der Waals surface area contributed by atoms with E-state index < -0.39 is 33.1 Å². The fourth-order valence-corrected chi connectivity index (χ4v) is 3.97. The zero-order valence-corrected chi connectivity index (χ0v) is 14.4. The van der Waals surface area contributed by atoms with Gasteiger partial charge in [0, 0.05) is 6.07 Å². The SMILES string of the molecule is O=C(CS(=O)(=O)Cc1cc(-c2cccs2)on1)Nc1ccccc1F. The molecule has 0 atom stereocenters. The Hall–Kier alpha value is -2.52. The molecule has 2 heterocycles. The van der Waals surface area contributed by atoms with Crippen LogP contribution in [-0.2, 0) is 20.4 Å². The number of amides is 1. The lowest BCUT2D eigenvalue weighted by molar-refractivity contribution is -0.113. The van der Waals surface area contributed by atoms with Crippen LogP contribution in [0.15, 0.2) is 52.4 Å². The Kier molecular flexibility index (Phi) is 4.95. The number of benzene rings is 1. The molecule has 0 radical (unpaired) electrons. The number of nitrogens with zero attached hydrogens (tertiary/aromatic N) is 1. The molecule has 9 heteroatoms. The van der Waals surface area contributed by atoms with Gasteiger partial charge in [0.2, 0.25) is 5.91 Å². The molecule has 0 bridgehead atoms. The van der Waals surface area contributed by atoms with Crippen LogP contribution in [0.4, 0.5) is 10.1 Å². The Bertz CT molecular complexity index is 981. The van der Waals surface area contributed by atoms with Crippen molar-refractivity contribution in [1.29, 1.82) is 0 Å². The molecule has 0 fully saturated rings. The van der Waals surface area contributed by atoms with Gasteiger partial charge in [0.1, 0.15) is 11.6 Å². The van der Waals surface area contributed by atoms with Gasteiger partial charge in [-0.1, -0.05) is 23.4 Å². The molecule has 0 aliphatic rings. The molecule has 0 saturated heterocycles. The van der Waals surface area contributed by atoms with Crippen molar-refractivity contribution in [3.05, 3.63) is 59.4 Å². The minimum atomic E-state index is -3.78. The minimum absolute atomic E-state index is 0.0656. The molecular weight excluding hydrogens is 367 g/mol. The topological polar surface area (TPSA) is 89.3 Å². The number of carbonyl (C=O) groups excluding carboxylic acids is 1. The Balaban J connectivity index is 1.64. The summed E-state index contributed by atoms with van der Waals surface area (Å²) in [5, 5.41) is 7.83. The number of aromatic nitrogens is 1. The van der Waals surface area contributed by atoms with Crippen LogP contribution in [0.1, 0.15) is 5.69 Å². The van der Waals surface area contributed by atoms with Crippen molar-refractivity contribution in [3.63, 3.8) is 0 Å². The van der Waals surface area contributed by atoms with Crippen molar-refractivity contribution >= 4 is 32.8 Å². The molecule has 25 heavy (non-hydrogen) atoms. The van der Waals surface area contributed by atoms with Gasteiger partial charge in [-0.05, 0) is 23.6 Å². The van der Waals surface area contributed by atoms with Gasteiger partial charge < -0.3 is 9.84 Å². The number of rotatable bonds is 6. The maximum Gasteiger partial charge on any atom is 0.239 e. The van der Waals surface area contributed by atoms with E-state index >= 15 is 0 Å². The number of sulfone groups is 1. The molecule has 1 amide bonds. The number of hydrogen-bond acceptors (Lipinski definition) is 6. The van der Waals surface area contributed by atoms with Crippen LogP contribution in [-0.4, -0.2) is 25.2 Å². The van der Waals surface area contributed by atoms with Gasteiger partial charge in [-0.15, -0.1) is 11.3 Å². The molecular formula is C16H13FN2O4S2. The highest BCUT2D eigenvalue weighted by Crippen LogP contribution is 2.25. The lowest BCUT2D eigenvalue weighted by atomic mass is 10.3. The lowest BCUT2D eigenvalue weighted by Gasteiger charge is -2.06. The minimum Gasteiger partial charge on any atom is -0.355 e. The van der Waals surface area contributed by atoms with Crippen molar-refractivity contribution in [2.24, 2.45) is 0 Å². The van der Waals surface area contributed by atoms with Crippen LogP contribution in [0, 0.1) is 5.82 Å². The second-order valence-corrected chi connectivity index (χ2v) is 8.23. The van der Waals surface area contributed by atoms with Gasteiger partial charge in [0.05, 0.1) is 22.0 Å². The quantitative estimate of drug-likeness (QED) is 0.710. The molecule has 130 valence electrons. The molecule has 0 spiro atoms. The first kappa shape index (κ1) is 17.3. The van der Waals surface area contributed by atoms with Crippen LogP contribution < -0.4 is 5.32 Å². The predicted molar refractivity (Wildman–Crippen MR) is 92.3 cm³/mol. The van der Waals surface area contributed by atoms with Crippen molar-refractivity contribution < 1.29 is 22.1 Å². The van der Waals surface area contributed by atoms with Crippen LogP contribution in [0.5, 0.6) is 0 Å². The zero-order valence-electron chi connectivity index (χ0n) is 12.8.